The molecule has 1 N–H and O–H groups in total. The fourth-order valence-corrected chi connectivity index (χ4v) is 4.13. The summed E-state index contributed by atoms with van der Waals surface area (Å²) in [7, 11) is 0. The highest BCUT2D eigenvalue weighted by Gasteiger charge is 2.47. The third-order valence-corrected chi connectivity index (χ3v) is 5.59. The minimum atomic E-state index is -0.0571. The van der Waals surface area contributed by atoms with Gasteiger partial charge in [0.2, 0.25) is 0 Å². The van der Waals surface area contributed by atoms with E-state index in [-0.39, 0.29) is 11.9 Å². The van der Waals surface area contributed by atoms with Crippen molar-refractivity contribution in [2.45, 2.75) is 25.3 Å². The summed E-state index contributed by atoms with van der Waals surface area (Å²) < 4.78 is 7.41. The molecule has 0 bridgehead atoms. The van der Waals surface area contributed by atoms with E-state index in [1.54, 1.807) is 12.5 Å². The molecule has 1 saturated heterocycles. The second-order valence-electron chi connectivity index (χ2n) is 7.39. The highest BCUT2D eigenvalue weighted by Crippen LogP contribution is 2.47. The van der Waals surface area contributed by atoms with Crippen LogP contribution in [0.4, 0.5) is 0 Å². The maximum absolute atomic E-state index is 12.5. The molecule has 132 valence electrons. The predicted octanol–water partition coefficient (Wildman–Crippen LogP) is 2.72. The lowest BCUT2D eigenvalue weighted by Gasteiger charge is -2.44. The highest BCUT2D eigenvalue weighted by molar-refractivity contribution is 5.94. The van der Waals surface area contributed by atoms with E-state index in [9.17, 15) is 4.79 Å². The van der Waals surface area contributed by atoms with Gasteiger partial charge in [-0.15, -0.1) is 0 Å². The van der Waals surface area contributed by atoms with Gasteiger partial charge in [0.1, 0.15) is 12.1 Å². The normalized spacial score (nSPS) is 24.7. The zero-order chi connectivity index (χ0) is 17.6. The molecule has 26 heavy (non-hydrogen) atoms. The molecular weight excluding hydrogens is 328 g/mol. The third kappa shape index (κ3) is 2.57. The molecule has 2 aromatic heterocycles. The summed E-state index contributed by atoms with van der Waals surface area (Å²) in [6.07, 6.45) is 6.54. The smallest absolute Gasteiger partial charge is 0.253 e. The van der Waals surface area contributed by atoms with Crippen LogP contribution in [0.5, 0.6) is 0 Å². The number of nitrogens with one attached hydrogen (secondary N) is 1. The number of fused-ring (bicyclic) bond motifs is 1. The molecule has 1 aliphatic carbocycles. The SMILES string of the molecule is O=C(NC1CC2(CCOC2)C1)c1ccc(-n2cnc3ccccc32)nc1. The van der Waals surface area contributed by atoms with Crippen LogP contribution < -0.4 is 5.32 Å². The fraction of sp³-hybridized carbons (Fsp3) is 0.350. The van der Waals surface area contributed by atoms with E-state index in [1.165, 1.54) is 0 Å². The standard InChI is InChI=1S/C20H20N4O2/c25-19(23-15-9-20(10-15)7-8-26-12-20)14-5-6-18(21-11-14)24-13-22-16-3-1-2-4-17(16)24/h1-6,11,13,15H,7-10,12H2,(H,23,25). The van der Waals surface area contributed by atoms with Gasteiger partial charge >= 0.3 is 0 Å². The second kappa shape index (κ2) is 5.92. The Morgan fingerprint density at radius 2 is 2.08 bits per heavy atom. The molecule has 1 aliphatic heterocycles. The quantitative estimate of drug-likeness (QED) is 0.790. The molecule has 2 aliphatic rings. The first-order valence-corrected chi connectivity index (χ1v) is 9.00. The minimum absolute atomic E-state index is 0.0571. The first kappa shape index (κ1) is 15.5. The van der Waals surface area contributed by atoms with Crippen LogP contribution in [0.1, 0.15) is 29.6 Å². The van der Waals surface area contributed by atoms with Gasteiger partial charge in [-0.2, -0.15) is 0 Å². The Balaban J connectivity index is 1.28. The summed E-state index contributed by atoms with van der Waals surface area (Å²) >= 11 is 0. The van der Waals surface area contributed by atoms with Gasteiger partial charge in [-0.3, -0.25) is 9.36 Å². The number of pyridine rings is 1. The summed E-state index contributed by atoms with van der Waals surface area (Å²) in [4.78, 5) is 21.3. The lowest BCUT2D eigenvalue weighted by molar-refractivity contribution is 0.0530. The molecule has 1 amide bonds. The van der Waals surface area contributed by atoms with E-state index in [2.05, 4.69) is 15.3 Å². The highest BCUT2D eigenvalue weighted by atomic mass is 16.5. The van der Waals surface area contributed by atoms with E-state index in [4.69, 9.17) is 4.74 Å². The van der Waals surface area contributed by atoms with Crippen molar-refractivity contribution >= 4 is 16.9 Å². The first-order chi connectivity index (χ1) is 12.7. The Hall–Kier alpha value is -2.73. The molecule has 0 atom stereocenters. The molecule has 1 saturated carbocycles. The van der Waals surface area contributed by atoms with E-state index < -0.39 is 0 Å². The van der Waals surface area contributed by atoms with Crippen molar-refractivity contribution in [2.24, 2.45) is 5.41 Å². The van der Waals surface area contributed by atoms with Crippen molar-refractivity contribution < 1.29 is 9.53 Å². The van der Waals surface area contributed by atoms with Crippen molar-refractivity contribution in [3.8, 4) is 5.82 Å². The predicted molar refractivity (Wildman–Crippen MR) is 97.2 cm³/mol. The average Bonchev–Trinajstić information content (AvgIpc) is 3.29. The van der Waals surface area contributed by atoms with E-state index in [1.807, 2.05) is 41.0 Å². The number of hydrogen-bond acceptors (Lipinski definition) is 4. The maximum Gasteiger partial charge on any atom is 0.253 e. The van der Waals surface area contributed by atoms with Crippen LogP contribution >= 0.6 is 0 Å². The third-order valence-electron chi connectivity index (χ3n) is 5.59. The summed E-state index contributed by atoms with van der Waals surface area (Å²) in [5.74, 6) is 0.694. The van der Waals surface area contributed by atoms with E-state index in [0.29, 0.717) is 11.0 Å². The molecule has 0 radical (unpaired) electrons. The Morgan fingerprint density at radius 3 is 2.85 bits per heavy atom. The molecule has 1 spiro atoms. The number of rotatable bonds is 3. The van der Waals surface area contributed by atoms with Gasteiger partial charge in [0.05, 0.1) is 23.2 Å². The molecule has 3 aromatic rings. The monoisotopic (exact) mass is 348 g/mol. The number of nitrogens with zero attached hydrogens (tertiary/aromatic N) is 3. The Morgan fingerprint density at radius 1 is 1.19 bits per heavy atom. The van der Waals surface area contributed by atoms with Crippen molar-refractivity contribution in [1.82, 2.24) is 19.9 Å². The van der Waals surface area contributed by atoms with Gasteiger partial charge in [0, 0.05) is 18.8 Å². The Kier molecular flexibility index (Phi) is 3.53. The molecule has 0 unspecified atom stereocenters. The van der Waals surface area contributed by atoms with Gasteiger partial charge in [-0.25, -0.2) is 9.97 Å². The second-order valence-corrected chi connectivity index (χ2v) is 7.39. The number of benzene rings is 1. The van der Waals surface area contributed by atoms with Crippen molar-refractivity contribution in [3.05, 3.63) is 54.5 Å². The van der Waals surface area contributed by atoms with Crippen LogP contribution in [-0.2, 0) is 4.74 Å². The number of carbonyl (C=O) groups excluding carboxylic acids is 1. The minimum Gasteiger partial charge on any atom is -0.381 e. The molecular formula is C20H20N4O2. The zero-order valence-electron chi connectivity index (χ0n) is 14.4. The van der Waals surface area contributed by atoms with Crippen molar-refractivity contribution in [1.29, 1.82) is 0 Å². The van der Waals surface area contributed by atoms with Crippen molar-refractivity contribution in [3.63, 3.8) is 0 Å². The van der Waals surface area contributed by atoms with Crippen molar-refractivity contribution in [2.75, 3.05) is 13.2 Å². The fourth-order valence-electron chi connectivity index (χ4n) is 4.13. The summed E-state index contributed by atoms with van der Waals surface area (Å²) in [5, 5.41) is 3.11. The zero-order valence-corrected chi connectivity index (χ0v) is 14.4. The molecule has 6 nitrogen and oxygen atoms in total. The van der Waals surface area contributed by atoms with Gasteiger partial charge in [-0.1, -0.05) is 12.1 Å². The Bertz CT molecular complexity index is 949. The molecule has 5 rings (SSSR count). The summed E-state index contributed by atoms with van der Waals surface area (Å²) in [6, 6.07) is 11.8. The Labute approximate surface area is 151 Å². The number of ether oxygens (including phenoxy) is 1. The maximum atomic E-state index is 12.5. The number of amides is 1. The van der Waals surface area contributed by atoms with Gasteiger partial charge in [-0.05, 0) is 48.9 Å². The molecule has 2 fully saturated rings. The number of carbonyl (C=O) groups is 1. The van der Waals surface area contributed by atoms with Crippen LogP contribution in [0.3, 0.4) is 0 Å². The van der Waals surface area contributed by atoms with Gasteiger partial charge in [0.15, 0.2) is 0 Å². The summed E-state index contributed by atoms with van der Waals surface area (Å²) in [6.45, 7) is 1.70. The van der Waals surface area contributed by atoms with Crippen LogP contribution in [0.2, 0.25) is 0 Å². The average molecular weight is 348 g/mol. The van der Waals surface area contributed by atoms with Gasteiger partial charge < -0.3 is 10.1 Å². The van der Waals surface area contributed by atoms with Gasteiger partial charge in [0.25, 0.3) is 5.91 Å². The summed E-state index contributed by atoms with van der Waals surface area (Å²) in [5.41, 5.74) is 2.83. The number of hydrogen-bond donors (Lipinski definition) is 1. The number of para-hydroxylation sites is 2. The number of imidazole rings is 1. The molecule has 6 heteroatoms. The molecule has 3 heterocycles. The first-order valence-electron chi connectivity index (χ1n) is 9.00. The molecule has 1 aromatic carbocycles. The topological polar surface area (TPSA) is 69.0 Å². The van der Waals surface area contributed by atoms with Crippen LogP contribution in [0.25, 0.3) is 16.9 Å². The largest absolute Gasteiger partial charge is 0.381 e. The van der Waals surface area contributed by atoms with Crippen LogP contribution in [0, 0.1) is 5.41 Å². The van der Waals surface area contributed by atoms with Crippen LogP contribution in [-0.4, -0.2) is 39.7 Å². The number of aromatic nitrogens is 3. The van der Waals surface area contributed by atoms with E-state index in [0.717, 1.165) is 49.3 Å². The lowest BCUT2D eigenvalue weighted by Crippen LogP contribution is -2.51. The van der Waals surface area contributed by atoms with Crippen LogP contribution in [0.15, 0.2) is 48.9 Å². The van der Waals surface area contributed by atoms with E-state index >= 15 is 0 Å². The lowest BCUT2D eigenvalue weighted by atomic mass is 9.65.